The summed E-state index contributed by atoms with van der Waals surface area (Å²) in [7, 11) is 0. The SMILES string of the molecule is O=C(CCNC(=O)c1ccccc1)Nc1ccc(F)cc1F. The molecule has 0 atom stereocenters. The van der Waals surface area contributed by atoms with Crippen LogP contribution >= 0.6 is 0 Å². The van der Waals surface area contributed by atoms with E-state index >= 15 is 0 Å². The van der Waals surface area contributed by atoms with E-state index in [1.54, 1.807) is 30.3 Å². The summed E-state index contributed by atoms with van der Waals surface area (Å²) in [4.78, 5) is 23.4. The summed E-state index contributed by atoms with van der Waals surface area (Å²) in [5.41, 5.74) is 0.397. The van der Waals surface area contributed by atoms with Crippen LogP contribution in [0.1, 0.15) is 16.8 Å². The van der Waals surface area contributed by atoms with Crippen molar-refractivity contribution in [3.63, 3.8) is 0 Å². The fourth-order valence-corrected chi connectivity index (χ4v) is 1.78. The third kappa shape index (κ3) is 4.37. The number of amides is 2. The van der Waals surface area contributed by atoms with Crippen LogP contribution in [0.4, 0.5) is 14.5 Å². The zero-order valence-electron chi connectivity index (χ0n) is 11.6. The zero-order chi connectivity index (χ0) is 15.9. The van der Waals surface area contributed by atoms with Crippen molar-refractivity contribution in [1.82, 2.24) is 5.32 Å². The topological polar surface area (TPSA) is 58.2 Å². The second-order valence-electron chi connectivity index (χ2n) is 4.54. The number of nitrogens with one attached hydrogen (secondary N) is 2. The van der Waals surface area contributed by atoms with Gasteiger partial charge in [-0.05, 0) is 24.3 Å². The predicted octanol–water partition coefficient (Wildman–Crippen LogP) is 2.72. The number of benzene rings is 2. The second kappa shape index (κ2) is 7.31. The zero-order valence-corrected chi connectivity index (χ0v) is 11.6. The van der Waals surface area contributed by atoms with E-state index in [0.717, 1.165) is 12.1 Å². The van der Waals surface area contributed by atoms with Gasteiger partial charge in [0.05, 0.1) is 5.69 Å². The molecule has 0 fully saturated rings. The highest BCUT2D eigenvalue weighted by molar-refractivity contribution is 5.95. The summed E-state index contributed by atoms with van der Waals surface area (Å²) in [6.07, 6.45) is -0.0185. The molecule has 2 N–H and O–H groups in total. The maximum absolute atomic E-state index is 13.4. The lowest BCUT2D eigenvalue weighted by atomic mass is 10.2. The predicted molar refractivity (Wildman–Crippen MR) is 78.4 cm³/mol. The van der Waals surface area contributed by atoms with Crippen molar-refractivity contribution in [2.75, 3.05) is 11.9 Å². The second-order valence-corrected chi connectivity index (χ2v) is 4.54. The Kier molecular flexibility index (Phi) is 5.19. The molecule has 0 aliphatic carbocycles. The number of anilines is 1. The Morgan fingerprint density at radius 3 is 2.41 bits per heavy atom. The summed E-state index contributed by atoms with van der Waals surface area (Å²) in [6.45, 7) is 0.113. The molecule has 0 saturated heterocycles. The van der Waals surface area contributed by atoms with E-state index in [4.69, 9.17) is 0 Å². The minimum Gasteiger partial charge on any atom is -0.352 e. The third-order valence-electron chi connectivity index (χ3n) is 2.88. The molecule has 0 aliphatic rings. The van der Waals surface area contributed by atoms with Gasteiger partial charge in [0, 0.05) is 24.6 Å². The monoisotopic (exact) mass is 304 g/mol. The Hall–Kier alpha value is -2.76. The van der Waals surface area contributed by atoms with Gasteiger partial charge in [-0.15, -0.1) is 0 Å². The molecule has 114 valence electrons. The highest BCUT2D eigenvalue weighted by atomic mass is 19.1. The van der Waals surface area contributed by atoms with Crippen molar-refractivity contribution in [3.05, 3.63) is 65.7 Å². The Morgan fingerprint density at radius 1 is 1.00 bits per heavy atom. The Labute approximate surface area is 126 Å². The van der Waals surface area contributed by atoms with Crippen LogP contribution in [0.3, 0.4) is 0 Å². The molecule has 2 rings (SSSR count). The van der Waals surface area contributed by atoms with Crippen LogP contribution in [0.25, 0.3) is 0 Å². The van der Waals surface area contributed by atoms with Crippen molar-refractivity contribution in [2.45, 2.75) is 6.42 Å². The molecule has 0 heterocycles. The number of rotatable bonds is 5. The first-order valence-corrected chi connectivity index (χ1v) is 6.64. The minimum absolute atomic E-state index is 0.0185. The van der Waals surface area contributed by atoms with Crippen LogP contribution in [0, 0.1) is 11.6 Å². The summed E-state index contributed by atoms with van der Waals surface area (Å²) in [5.74, 6) is -2.33. The van der Waals surface area contributed by atoms with E-state index < -0.39 is 17.5 Å². The molecular weight excluding hydrogens is 290 g/mol. The first-order valence-electron chi connectivity index (χ1n) is 6.64. The smallest absolute Gasteiger partial charge is 0.251 e. The number of halogens is 2. The number of carbonyl (C=O) groups excluding carboxylic acids is 2. The molecule has 6 heteroatoms. The molecule has 0 aromatic heterocycles. The van der Waals surface area contributed by atoms with Gasteiger partial charge in [0.1, 0.15) is 11.6 Å². The third-order valence-corrected chi connectivity index (χ3v) is 2.88. The van der Waals surface area contributed by atoms with E-state index in [-0.39, 0.29) is 24.6 Å². The van der Waals surface area contributed by atoms with Crippen molar-refractivity contribution >= 4 is 17.5 Å². The van der Waals surface area contributed by atoms with Crippen LogP contribution in [-0.2, 0) is 4.79 Å². The largest absolute Gasteiger partial charge is 0.352 e. The van der Waals surface area contributed by atoms with Crippen molar-refractivity contribution in [3.8, 4) is 0 Å². The maximum atomic E-state index is 13.4. The number of hydrogen-bond donors (Lipinski definition) is 2. The van der Waals surface area contributed by atoms with Crippen LogP contribution in [0.5, 0.6) is 0 Å². The quantitative estimate of drug-likeness (QED) is 0.892. The standard InChI is InChI=1S/C16H14F2N2O2/c17-12-6-7-14(13(18)10-12)20-15(21)8-9-19-16(22)11-4-2-1-3-5-11/h1-7,10H,8-9H2,(H,19,22)(H,20,21). The Morgan fingerprint density at radius 2 is 1.73 bits per heavy atom. The lowest BCUT2D eigenvalue weighted by molar-refractivity contribution is -0.116. The molecule has 2 aromatic rings. The fourth-order valence-electron chi connectivity index (χ4n) is 1.78. The summed E-state index contributed by atoms with van der Waals surface area (Å²) >= 11 is 0. The normalized spacial score (nSPS) is 10.1. The first kappa shape index (κ1) is 15.6. The number of carbonyl (C=O) groups is 2. The highest BCUT2D eigenvalue weighted by Gasteiger charge is 2.09. The molecule has 0 spiro atoms. The molecule has 0 saturated carbocycles. The van der Waals surface area contributed by atoms with Gasteiger partial charge in [0.25, 0.3) is 5.91 Å². The van der Waals surface area contributed by atoms with E-state index in [0.29, 0.717) is 11.6 Å². The first-order chi connectivity index (χ1) is 10.6. The van der Waals surface area contributed by atoms with Gasteiger partial charge < -0.3 is 10.6 Å². The van der Waals surface area contributed by atoms with Gasteiger partial charge in [-0.25, -0.2) is 8.78 Å². The average molecular weight is 304 g/mol. The average Bonchev–Trinajstić information content (AvgIpc) is 2.51. The van der Waals surface area contributed by atoms with Crippen LogP contribution in [0.2, 0.25) is 0 Å². The summed E-state index contributed by atoms with van der Waals surface area (Å²) in [6, 6.07) is 11.5. The Balaban J connectivity index is 1.80. The molecule has 0 radical (unpaired) electrons. The van der Waals surface area contributed by atoms with Gasteiger partial charge in [-0.3, -0.25) is 9.59 Å². The molecule has 0 bridgehead atoms. The molecule has 22 heavy (non-hydrogen) atoms. The maximum Gasteiger partial charge on any atom is 0.251 e. The van der Waals surface area contributed by atoms with Gasteiger partial charge in [-0.2, -0.15) is 0 Å². The molecular formula is C16H14F2N2O2. The fraction of sp³-hybridized carbons (Fsp3) is 0.125. The van der Waals surface area contributed by atoms with Gasteiger partial charge in [0.2, 0.25) is 5.91 Å². The molecule has 2 amide bonds. The molecule has 0 aliphatic heterocycles. The van der Waals surface area contributed by atoms with Gasteiger partial charge >= 0.3 is 0 Å². The minimum atomic E-state index is -0.846. The highest BCUT2D eigenvalue weighted by Crippen LogP contribution is 2.14. The lowest BCUT2D eigenvalue weighted by Crippen LogP contribution is -2.27. The van der Waals surface area contributed by atoms with Crippen molar-refractivity contribution < 1.29 is 18.4 Å². The summed E-state index contributed by atoms with van der Waals surface area (Å²) in [5, 5.41) is 4.90. The summed E-state index contributed by atoms with van der Waals surface area (Å²) < 4.78 is 26.1. The van der Waals surface area contributed by atoms with Gasteiger partial charge in [-0.1, -0.05) is 18.2 Å². The van der Waals surface area contributed by atoms with E-state index in [9.17, 15) is 18.4 Å². The lowest BCUT2D eigenvalue weighted by Gasteiger charge is -2.07. The van der Waals surface area contributed by atoms with Gasteiger partial charge in [0.15, 0.2) is 0 Å². The van der Waals surface area contributed by atoms with Crippen molar-refractivity contribution in [1.29, 1.82) is 0 Å². The van der Waals surface area contributed by atoms with E-state index in [1.807, 2.05) is 0 Å². The van der Waals surface area contributed by atoms with Crippen LogP contribution in [0.15, 0.2) is 48.5 Å². The molecule has 0 unspecified atom stereocenters. The Bertz CT molecular complexity index is 675. The van der Waals surface area contributed by atoms with Crippen LogP contribution in [-0.4, -0.2) is 18.4 Å². The van der Waals surface area contributed by atoms with E-state index in [2.05, 4.69) is 10.6 Å². The molecule has 2 aromatic carbocycles. The molecule has 4 nitrogen and oxygen atoms in total. The van der Waals surface area contributed by atoms with Crippen LogP contribution < -0.4 is 10.6 Å². The van der Waals surface area contributed by atoms with E-state index in [1.165, 1.54) is 0 Å². The van der Waals surface area contributed by atoms with Crippen molar-refractivity contribution in [2.24, 2.45) is 0 Å². The number of hydrogen-bond acceptors (Lipinski definition) is 2.